The summed E-state index contributed by atoms with van der Waals surface area (Å²) in [6.07, 6.45) is 9.77. The predicted octanol–water partition coefficient (Wildman–Crippen LogP) is 12.9. The molecule has 1 unspecified atom stereocenters. The third-order valence-corrected chi connectivity index (χ3v) is 10.2. The summed E-state index contributed by atoms with van der Waals surface area (Å²) < 4.78 is 4.62. The van der Waals surface area contributed by atoms with E-state index < -0.39 is 0 Å². The van der Waals surface area contributed by atoms with Crippen molar-refractivity contribution in [3.05, 3.63) is 137 Å². The third-order valence-electron chi connectivity index (χ3n) is 10.2. The quantitative estimate of drug-likeness (QED) is 0.0890. The summed E-state index contributed by atoms with van der Waals surface area (Å²) >= 11 is 0. The Hall–Kier alpha value is -3.31. The van der Waals surface area contributed by atoms with Crippen LogP contribution in [-0.2, 0) is 32.9 Å². The summed E-state index contributed by atoms with van der Waals surface area (Å²) in [5, 5.41) is 5.90. The van der Waals surface area contributed by atoms with E-state index in [1.165, 1.54) is 55.9 Å². The second kappa shape index (κ2) is 15.9. The van der Waals surface area contributed by atoms with Crippen LogP contribution in [0.25, 0.3) is 10.9 Å². The van der Waals surface area contributed by atoms with Gasteiger partial charge >= 0.3 is 5.82 Å². The maximum Gasteiger partial charge on any atom is 0.346 e. The molecule has 0 saturated heterocycles. The number of allylic oxidation sites excluding steroid dienone is 4. The second-order valence-electron chi connectivity index (χ2n) is 15.3. The third kappa shape index (κ3) is 7.22. The zero-order valence-corrected chi connectivity index (χ0v) is 36.1. The first-order valence-electron chi connectivity index (χ1n) is 18.1. The van der Waals surface area contributed by atoms with Gasteiger partial charge in [0.25, 0.3) is 0 Å². The van der Waals surface area contributed by atoms with E-state index in [2.05, 4.69) is 164 Å². The number of hydrogen-bond acceptors (Lipinski definition) is 1. The van der Waals surface area contributed by atoms with Crippen LogP contribution in [0.5, 0.6) is 0 Å². The zero-order chi connectivity index (χ0) is 34.4. The first-order chi connectivity index (χ1) is 22.9. The van der Waals surface area contributed by atoms with Gasteiger partial charge in [-0.3, -0.25) is 0 Å². The van der Waals surface area contributed by atoms with Gasteiger partial charge in [0.1, 0.15) is 17.6 Å². The molecule has 1 aromatic heterocycles. The molecule has 0 bridgehead atoms. The van der Waals surface area contributed by atoms with Crippen molar-refractivity contribution >= 4 is 28.5 Å². The van der Waals surface area contributed by atoms with Crippen molar-refractivity contribution in [2.75, 3.05) is 0 Å². The largest absolute Gasteiger partial charge is 0.670 e. The van der Waals surface area contributed by atoms with E-state index in [1.807, 2.05) is 0 Å². The standard InChI is InChI=1S/C44H54N4.CH3.Hf/c1-26(2)31-23-36(29(7)8)41(37(24-31)30(9)10)43(46-42-32(27(3)4)19-16-20-33(42)28(5)6)44-45-40(25-47(44)11)48-38-21-14-12-17-34(38)35-18-13-15-22-39(35)48;;/h12-21,23-30,43H,22H2,1-11H3;1H3;/q;-1;. The average Bonchev–Trinajstić information content (AvgIpc) is 3.59. The first-order valence-corrected chi connectivity index (χ1v) is 18.1. The zero-order valence-electron chi connectivity index (χ0n) is 32.5. The van der Waals surface area contributed by atoms with Gasteiger partial charge in [0, 0.05) is 50.4 Å². The number of fused-ring (bicyclic) bond motifs is 3. The van der Waals surface area contributed by atoms with Crippen molar-refractivity contribution in [2.45, 2.75) is 111 Å². The molecule has 4 aromatic rings. The molecule has 1 atom stereocenters. The monoisotopic (exact) mass is 833 g/mol. The Bertz CT molecular complexity index is 1880. The van der Waals surface area contributed by atoms with Gasteiger partial charge in [0.05, 0.1) is 0 Å². The molecule has 0 radical (unpaired) electrons. The van der Waals surface area contributed by atoms with Gasteiger partial charge in [0.15, 0.2) is 0 Å². The summed E-state index contributed by atoms with van der Waals surface area (Å²) in [5.41, 5.74) is 14.2. The number of nitrogens with zero attached hydrogens (tertiary/aromatic N) is 4. The minimum Gasteiger partial charge on any atom is -0.670 e. The van der Waals surface area contributed by atoms with Gasteiger partial charge in [-0.2, -0.15) is 4.58 Å². The van der Waals surface area contributed by atoms with Crippen LogP contribution in [0.2, 0.25) is 0 Å². The number of hydrogen-bond donors (Lipinski definition) is 0. The molecule has 50 heavy (non-hydrogen) atoms. The van der Waals surface area contributed by atoms with Gasteiger partial charge in [-0.15, -0.1) is 5.69 Å². The first kappa shape index (κ1) is 39.5. The molecule has 0 N–H and O–H groups in total. The minimum atomic E-state index is -0.277. The topological polar surface area (TPSA) is 34.9 Å². The normalized spacial score (nSPS) is 14.3. The van der Waals surface area contributed by atoms with Crippen LogP contribution in [0.4, 0.5) is 17.2 Å². The van der Waals surface area contributed by atoms with Crippen LogP contribution in [0.1, 0.15) is 156 Å². The summed E-state index contributed by atoms with van der Waals surface area (Å²) in [7, 11) is 2.16. The minimum absolute atomic E-state index is 0. The summed E-state index contributed by atoms with van der Waals surface area (Å²) in [5.74, 6) is 3.73. The molecule has 262 valence electrons. The molecule has 0 spiro atoms. The van der Waals surface area contributed by atoms with Crippen LogP contribution >= 0.6 is 0 Å². The number of aromatic nitrogens is 2. The van der Waals surface area contributed by atoms with Crippen LogP contribution in [0, 0.1) is 7.43 Å². The van der Waals surface area contributed by atoms with E-state index in [1.54, 1.807) is 0 Å². The molecule has 5 heteroatoms. The Kier molecular flexibility index (Phi) is 12.6. The van der Waals surface area contributed by atoms with Crippen molar-refractivity contribution in [3.63, 3.8) is 0 Å². The second-order valence-corrected chi connectivity index (χ2v) is 15.3. The van der Waals surface area contributed by atoms with Crippen molar-refractivity contribution in [1.29, 1.82) is 0 Å². The molecule has 4 nitrogen and oxygen atoms in total. The number of aryl methyl sites for hydroxylation is 1. The Morgan fingerprint density at radius 2 is 1.32 bits per heavy atom. The molecule has 0 fully saturated rings. The van der Waals surface area contributed by atoms with E-state index in [9.17, 15) is 0 Å². The average molecular weight is 832 g/mol. The molecule has 6 rings (SSSR count). The Morgan fingerprint density at radius 3 is 1.88 bits per heavy atom. The molecule has 1 aliphatic heterocycles. The van der Waals surface area contributed by atoms with E-state index >= 15 is 0 Å². The maximum atomic E-state index is 5.90. The predicted molar refractivity (Wildman–Crippen MR) is 212 cm³/mol. The van der Waals surface area contributed by atoms with Gasteiger partial charge in [-0.05, 0) is 75.0 Å². The molecular weight excluding hydrogens is 775 g/mol. The van der Waals surface area contributed by atoms with Crippen LogP contribution < -0.4 is 4.58 Å². The fourth-order valence-electron chi connectivity index (χ4n) is 7.51. The Morgan fingerprint density at radius 1 is 0.740 bits per heavy atom. The number of benzene rings is 3. The Labute approximate surface area is 321 Å². The van der Waals surface area contributed by atoms with Gasteiger partial charge in [-0.1, -0.05) is 141 Å². The molecule has 3 aromatic carbocycles. The Balaban J connectivity index is 0.00000281. The van der Waals surface area contributed by atoms with Crippen LogP contribution in [-0.4, -0.2) is 15.3 Å². The van der Waals surface area contributed by atoms with Crippen LogP contribution in [0.15, 0.2) is 79.0 Å². The number of rotatable bonds is 10. The fourth-order valence-corrected chi connectivity index (χ4v) is 7.51. The van der Waals surface area contributed by atoms with E-state index in [4.69, 9.17) is 10.3 Å². The molecule has 0 saturated carbocycles. The molecule has 1 aliphatic carbocycles. The molecule has 2 aliphatic rings. The van der Waals surface area contributed by atoms with E-state index in [0.717, 1.165) is 23.8 Å². The van der Waals surface area contributed by atoms with Crippen molar-refractivity contribution in [3.8, 4) is 0 Å². The molecular formula is C45H57HfN4-. The SMILES string of the molecule is CC(C)c1cc(C(C)C)c(C([N-]c2c(C(C)C)cccc2C(C)C)c2nc([N+]3=C4CC=CC=C4c4ccccc43)cn2C)c(C(C)C)c1.[CH3-].[Hf]. The number of imidazole rings is 1. The summed E-state index contributed by atoms with van der Waals surface area (Å²) in [6, 6.07) is 20.1. The van der Waals surface area contributed by atoms with Gasteiger partial charge in [-0.25, -0.2) is 0 Å². The smallest absolute Gasteiger partial charge is 0.346 e. The number of para-hydroxylation sites is 2. The van der Waals surface area contributed by atoms with Crippen molar-refractivity contribution < 1.29 is 25.8 Å². The van der Waals surface area contributed by atoms with Crippen molar-refractivity contribution in [1.82, 2.24) is 14.1 Å². The van der Waals surface area contributed by atoms with Gasteiger partial charge < -0.3 is 17.3 Å². The van der Waals surface area contributed by atoms with Gasteiger partial charge in [0.2, 0.25) is 5.82 Å². The van der Waals surface area contributed by atoms with E-state index in [0.29, 0.717) is 29.6 Å². The fraction of sp³-hybridized carbons (Fsp3) is 0.400. The summed E-state index contributed by atoms with van der Waals surface area (Å²) in [4.78, 5) is 5.59. The molecule has 2 heterocycles. The summed E-state index contributed by atoms with van der Waals surface area (Å²) in [6.45, 7) is 23.1. The van der Waals surface area contributed by atoms with E-state index in [-0.39, 0.29) is 39.3 Å². The molecule has 0 amide bonds. The maximum absolute atomic E-state index is 5.90. The van der Waals surface area contributed by atoms with Crippen molar-refractivity contribution in [2.24, 2.45) is 7.05 Å². The van der Waals surface area contributed by atoms with Crippen LogP contribution in [0.3, 0.4) is 0 Å².